The van der Waals surface area contributed by atoms with E-state index in [4.69, 9.17) is 4.74 Å². The maximum atomic E-state index is 11.1. The maximum absolute atomic E-state index is 11.1. The normalized spacial score (nSPS) is 14.4. The second kappa shape index (κ2) is 6.05. The van der Waals surface area contributed by atoms with E-state index >= 15 is 0 Å². The molecule has 0 aromatic heterocycles. The molecule has 0 radical (unpaired) electrons. The van der Waals surface area contributed by atoms with Gasteiger partial charge in [-0.05, 0) is 18.6 Å². The summed E-state index contributed by atoms with van der Waals surface area (Å²) in [5.41, 5.74) is 0.990. The van der Waals surface area contributed by atoms with E-state index in [-0.39, 0.29) is 12.5 Å². The monoisotopic (exact) mass is 247 g/mol. The summed E-state index contributed by atoms with van der Waals surface area (Å²) in [7, 11) is 1.59. The van der Waals surface area contributed by atoms with Crippen LogP contribution in [0.2, 0.25) is 0 Å². The molecule has 1 aromatic carbocycles. The quantitative estimate of drug-likeness (QED) is 0.817. The Bertz CT molecular complexity index is 457. The standard InChI is InChI=1S/C13H17N3O2/c1-14-12(17)9-18-11-5-2-4-10(8-11)13-15-6-3-7-16-13/h2,4-5,8H,3,6-7,9H2,1H3,(H,14,17)(H,15,16). The highest BCUT2D eigenvalue weighted by molar-refractivity contribution is 5.99. The lowest BCUT2D eigenvalue weighted by Gasteiger charge is -2.15. The van der Waals surface area contributed by atoms with Crippen molar-refractivity contribution in [1.82, 2.24) is 10.6 Å². The van der Waals surface area contributed by atoms with Crippen LogP contribution in [0.4, 0.5) is 0 Å². The third-order valence-corrected chi connectivity index (χ3v) is 2.65. The first-order chi connectivity index (χ1) is 8.79. The van der Waals surface area contributed by atoms with Crippen molar-refractivity contribution in [3.8, 4) is 5.75 Å². The number of benzene rings is 1. The van der Waals surface area contributed by atoms with Crippen molar-refractivity contribution < 1.29 is 9.53 Å². The van der Waals surface area contributed by atoms with E-state index in [2.05, 4.69) is 15.6 Å². The Morgan fingerprint density at radius 3 is 3.17 bits per heavy atom. The summed E-state index contributed by atoms with van der Waals surface area (Å²) >= 11 is 0. The second-order valence-electron chi connectivity index (χ2n) is 4.00. The lowest BCUT2D eigenvalue weighted by molar-refractivity contribution is -0.122. The van der Waals surface area contributed by atoms with Crippen LogP contribution in [0.25, 0.3) is 0 Å². The minimum Gasteiger partial charge on any atom is -0.484 e. The Labute approximate surface area is 106 Å². The summed E-state index contributed by atoms with van der Waals surface area (Å²) in [4.78, 5) is 15.5. The van der Waals surface area contributed by atoms with E-state index in [1.165, 1.54) is 0 Å². The van der Waals surface area contributed by atoms with Gasteiger partial charge in [0.2, 0.25) is 0 Å². The molecule has 0 saturated heterocycles. The molecule has 1 aliphatic heterocycles. The number of carbonyl (C=O) groups is 1. The van der Waals surface area contributed by atoms with Gasteiger partial charge in [-0.15, -0.1) is 0 Å². The zero-order chi connectivity index (χ0) is 12.8. The van der Waals surface area contributed by atoms with E-state index in [9.17, 15) is 4.79 Å². The van der Waals surface area contributed by atoms with Gasteiger partial charge >= 0.3 is 0 Å². The molecular weight excluding hydrogens is 230 g/mol. The van der Waals surface area contributed by atoms with E-state index in [0.29, 0.717) is 5.75 Å². The van der Waals surface area contributed by atoms with Crippen LogP contribution in [0.15, 0.2) is 29.3 Å². The zero-order valence-corrected chi connectivity index (χ0v) is 10.4. The van der Waals surface area contributed by atoms with E-state index in [1.54, 1.807) is 7.05 Å². The van der Waals surface area contributed by atoms with Crippen LogP contribution < -0.4 is 15.4 Å². The van der Waals surface area contributed by atoms with Crippen LogP contribution in [-0.2, 0) is 4.79 Å². The SMILES string of the molecule is CNC(=O)COc1cccc(C2=NCCCN2)c1. The number of likely N-dealkylation sites (N-methyl/N-ethyl adjacent to an activating group) is 1. The van der Waals surface area contributed by atoms with Crippen LogP contribution in [0, 0.1) is 0 Å². The maximum Gasteiger partial charge on any atom is 0.257 e. The number of amidine groups is 1. The van der Waals surface area contributed by atoms with Crippen molar-refractivity contribution >= 4 is 11.7 Å². The fraction of sp³-hybridized carbons (Fsp3) is 0.385. The summed E-state index contributed by atoms with van der Waals surface area (Å²) in [5.74, 6) is 1.42. The van der Waals surface area contributed by atoms with Gasteiger partial charge in [-0.3, -0.25) is 9.79 Å². The Balaban J connectivity index is 2.05. The van der Waals surface area contributed by atoms with Gasteiger partial charge in [0.1, 0.15) is 11.6 Å². The average molecular weight is 247 g/mol. The lowest BCUT2D eigenvalue weighted by atomic mass is 10.1. The molecule has 96 valence electrons. The molecule has 0 aliphatic carbocycles. The van der Waals surface area contributed by atoms with Crippen LogP contribution in [0.1, 0.15) is 12.0 Å². The van der Waals surface area contributed by atoms with Gasteiger partial charge in [-0.25, -0.2) is 0 Å². The third-order valence-electron chi connectivity index (χ3n) is 2.65. The van der Waals surface area contributed by atoms with E-state index in [1.807, 2.05) is 24.3 Å². The first-order valence-corrected chi connectivity index (χ1v) is 6.02. The van der Waals surface area contributed by atoms with Crippen molar-refractivity contribution in [2.45, 2.75) is 6.42 Å². The number of carbonyl (C=O) groups excluding carboxylic acids is 1. The van der Waals surface area contributed by atoms with Crippen LogP contribution in [-0.4, -0.2) is 38.5 Å². The number of amides is 1. The van der Waals surface area contributed by atoms with Gasteiger partial charge in [0, 0.05) is 25.7 Å². The molecule has 1 heterocycles. The van der Waals surface area contributed by atoms with Gasteiger partial charge in [0.05, 0.1) is 0 Å². The Kier molecular flexibility index (Phi) is 4.17. The smallest absolute Gasteiger partial charge is 0.257 e. The van der Waals surface area contributed by atoms with E-state index in [0.717, 1.165) is 30.9 Å². The highest BCUT2D eigenvalue weighted by Gasteiger charge is 2.08. The lowest BCUT2D eigenvalue weighted by Crippen LogP contribution is -2.30. The molecule has 0 unspecified atom stereocenters. The Morgan fingerprint density at radius 1 is 1.56 bits per heavy atom. The third kappa shape index (κ3) is 3.23. The number of rotatable bonds is 4. The minimum atomic E-state index is -0.145. The fourth-order valence-corrected chi connectivity index (χ4v) is 1.68. The van der Waals surface area contributed by atoms with Gasteiger partial charge in [0.25, 0.3) is 5.91 Å². The molecule has 1 amide bonds. The van der Waals surface area contributed by atoms with Gasteiger partial charge in [-0.2, -0.15) is 0 Å². The highest BCUT2D eigenvalue weighted by Crippen LogP contribution is 2.14. The Hall–Kier alpha value is -2.04. The van der Waals surface area contributed by atoms with Gasteiger partial charge in [-0.1, -0.05) is 12.1 Å². The van der Waals surface area contributed by atoms with Crippen molar-refractivity contribution in [2.75, 3.05) is 26.7 Å². The van der Waals surface area contributed by atoms with Crippen LogP contribution >= 0.6 is 0 Å². The molecule has 2 rings (SSSR count). The zero-order valence-electron chi connectivity index (χ0n) is 10.4. The molecule has 0 atom stereocenters. The number of aliphatic imine (C=N–C) groups is 1. The van der Waals surface area contributed by atoms with Crippen molar-refractivity contribution in [3.63, 3.8) is 0 Å². The van der Waals surface area contributed by atoms with Gasteiger partial charge < -0.3 is 15.4 Å². The number of hydrogen-bond donors (Lipinski definition) is 2. The number of ether oxygens (including phenoxy) is 1. The molecule has 1 aromatic rings. The molecule has 0 spiro atoms. The molecule has 5 heteroatoms. The predicted octanol–water partition coefficient (Wildman–Crippen LogP) is 0.551. The van der Waals surface area contributed by atoms with Crippen LogP contribution in [0.3, 0.4) is 0 Å². The summed E-state index contributed by atoms with van der Waals surface area (Å²) in [6, 6.07) is 7.59. The second-order valence-corrected chi connectivity index (χ2v) is 4.00. The first kappa shape index (κ1) is 12.4. The van der Waals surface area contributed by atoms with Gasteiger partial charge in [0.15, 0.2) is 6.61 Å². The summed E-state index contributed by atoms with van der Waals surface area (Å²) < 4.78 is 5.40. The van der Waals surface area contributed by atoms with Crippen LogP contribution in [0.5, 0.6) is 5.75 Å². The first-order valence-electron chi connectivity index (χ1n) is 6.02. The van der Waals surface area contributed by atoms with Crippen molar-refractivity contribution in [3.05, 3.63) is 29.8 Å². The molecule has 5 nitrogen and oxygen atoms in total. The summed E-state index contributed by atoms with van der Waals surface area (Å²) in [5, 5.41) is 5.77. The molecule has 18 heavy (non-hydrogen) atoms. The molecule has 0 fully saturated rings. The molecule has 0 saturated carbocycles. The Morgan fingerprint density at radius 2 is 2.44 bits per heavy atom. The summed E-state index contributed by atoms with van der Waals surface area (Å²) in [6.45, 7) is 1.83. The predicted molar refractivity (Wildman–Crippen MR) is 70.0 cm³/mol. The fourth-order valence-electron chi connectivity index (χ4n) is 1.68. The molecule has 2 N–H and O–H groups in total. The molecular formula is C13H17N3O2. The number of nitrogens with zero attached hydrogens (tertiary/aromatic N) is 1. The highest BCUT2D eigenvalue weighted by atomic mass is 16.5. The molecule has 0 bridgehead atoms. The van der Waals surface area contributed by atoms with Crippen molar-refractivity contribution in [1.29, 1.82) is 0 Å². The largest absolute Gasteiger partial charge is 0.484 e. The summed E-state index contributed by atoms with van der Waals surface area (Å²) in [6.07, 6.45) is 1.07. The number of nitrogens with one attached hydrogen (secondary N) is 2. The minimum absolute atomic E-state index is 0.0276. The average Bonchev–Trinajstić information content (AvgIpc) is 2.46. The molecule has 1 aliphatic rings. The topological polar surface area (TPSA) is 62.7 Å². The van der Waals surface area contributed by atoms with Crippen molar-refractivity contribution in [2.24, 2.45) is 4.99 Å². The van der Waals surface area contributed by atoms with E-state index < -0.39 is 0 Å². The number of hydrogen-bond acceptors (Lipinski definition) is 4.